The first-order valence-corrected chi connectivity index (χ1v) is 20.3. The molecule has 3 aromatic rings. The lowest BCUT2D eigenvalue weighted by Gasteiger charge is -2.51. The fourth-order valence-electron chi connectivity index (χ4n) is 8.56. The summed E-state index contributed by atoms with van der Waals surface area (Å²) in [6, 6.07) is 13.1. The van der Waals surface area contributed by atoms with Gasteiger partial charge in [-0.3, -0.25) is 39.2 Å². The number of carbonyl (C=O) groups excluding carboxylic acids is 4. The van der Waals surface area contributed by atoms with E-state index in [4.69, 9.17) is 17.0 Å². The van der Waals surface area contributed by atoms with Crippen molar-refractivity contribution in [2.45, 2.75) is 89.6 Å². The number of benzene rings is 2. The Morgan fingerprint density at radius 3 is 2.42 bits per heavy atom. The quantitative estimate of drug-likeness (QED) is 0.163. The van der Waals surface area contributed by atoms with E-state index in [-0.39, 0.29) is 53.6 Å². The third-order valence-electron chi connectivity index (χ3n) is 11.6. The van der Waals surface area contributed by atoms with Gasteiger partial charge in [0.25, 0.3) is 5.91 Å². The van der Waals surface area contributed by atoms with Crippen molar-refractivity contribution in [3.8, 4) is 11.8 Å². The highest BCUT2D eigenvalue weighted by Gasteiger charge is 2.51. The van der Waals surface area contributed by atoms with E-state index in [1.807, 2.05) is 38.1 Å². The Labute approximate surface area is 351 Å². The number of nitriles is 1. The minimum atomic E-state index is -4.86. The third kappa shape index (κ3) is 8.65. The predicted molar refractivity (Wildman–Crippen MR) is 221 cm³/mol. The number of ether oxygens (including phenoxy) is 1. The zero-order valence-corrected chi connectivity index (χ0v) is 34.5. The second kappa shape index (κ2) is 16.8. The number of hydrogen-bond donors (Lipinski definition) is 3. The number of thiocarbonyl (C=S) groups is 1. The first-order valence-electron chi connectivity index (χ1n) is 19.9. The molecule has 5 saturated heterocycles. The van der Waals surface area contributed by atoms with E-state index in [9.17, 15) is 37.6 Å². The fourth-order valence-corrected chi connectivity index (χ4v) is 9.08. The number of alkyl halides is 3. The summed E-state index contributed by atoms with van der Waals surface area (Å²) in [5.74, 6) is -0.633. The van der Waals surface area contributed by atoms with Crippen LogP contribution in [0.4, 0.5) is 35.9 Å². The summed E-state index contributed by atoms with van der Waals surface area (Å²) in [6.45, 7) is 10.1. The van der Waals surface area contributed by atoms with Crippen LogP contribution in [0.25, 0.3) is 0 Å². The smallest absolute Gasteiger partial charge is 0.419 e. The number of hydrogen-bond acceptors (Lipinski definition) is 11. The molecule has 60 heavy (non-hydrogen) atoms. The summed E-state index contributed by atoms with van der Waals surface area (Å²) in [5.41, 5.74) is 0.186. The van der Waals surface area contributed by atoms with Gasteiger partial charge in [-0.1, -0.05) is 6.92 Å². The molecular weight excluding hydrogens is 800 g/mol. The van der Waals surface area contributed by atoms with Crippen molar-refractivity contribution in [2.75, 3.05) is 53.2 Å². The van der Waals surface area contributed by atoms with Gasteiger partial charge in [0.1, 0.15) is 30.0 Å². The minimum Gasteiger partial charge on any atom is -0.492 e. The molecule has 4 amide bonds. The van der Waals surface area contributed by atoms with E-state index >= 15 is 0 Å². The molecule has 0 saturated carbocycles. The van der Waals surface area contributed by atoms with Crippen molar-refractivity contribution in [3.63, 3.8) is 0 Å². The van der Waals surface area contributed by atoms with E-state index in [0.29, 0.717) is 48.8 Å². The molecule has 0 spiro atoms. The molecule has 0 aliphatic carbocycles. The molecule has 5 aliphatic heterocycles. The maximum atomic E-state index is 13.8. The van der Waals surface area contributed by atoms with Crippen LogP contribution in [0.2, 0.25) is 0 Å². The maximum Gasteiger partial charge on any atom is 0.419 e. The average Bonchev–Trinajstić information content (AvgIpc) is 3.37. The summed E-state index contributed by atoms with van der Waals surface area (Å²) < 4.78 is 47.6. The summed E-state index contributed by atoms with van der Waals surface area (Å²) >= 11 is 5.70. The van der Waals surface area contributed by atoms with Gasteiger partial charge >= 0.3 is 6.18 Å². The van der Waals surface area contributed by atoms with Crippen molar-refractivity contribution in [2.24, 2.45) is 0 Å². The topological polar surface area (TPSA) is 163 Å². The highest BCUT2D eigenvalue weighted by atomic mass is 32.1. The molecule has 5 fully saturated rings. The predicted octanol–water partition coefficient (Wildman–Crippen LogP) is 5.14. The lowest BCUT2D eigenvalue weighted by atomic mass is 9.91. The van der Waals surface area contributed by atoms with E-state index in [1.54, 1.807) is 30.9 Å². The molecule has 2 bridgehead atoms. The van der Waals surface area contributed by atoms with Crippen molar-refractivity contribution < 1.29 is 37.1 Å². The number of amides is 4. The number of aryl methyl sites for hydroxylation is 2. The lowest BCUT2D eigenvalue weighted by molar-refractivity contribution is -0.138. The molecule has 3 N–H and O–H groups in total. The molecule has 14 nitrogen and oxygen atoms in total. The van der Waals surface area contributed by atoms with Crippen LogP contribution in [0.5, 0.6) is 5.75 Å². The summed E-state index contributed by atoms with van der Waals surface area (Å²) in [4.78, 5) is 61.7. The van der Waals surface area contributed by atoms with E-state index in [1.165, 1.54) is 6.07 Å². The summed E-state index contributed by atoms with van der Waals surface area (Å²) in [6.07, 6.45) is -0.547. The largest absolute Gasteiger partial charge is 0.492 e. The standard InChI is InChI=1S/C42H46F3N9O5S/c1-5-25-16-28(54-40(60)53(39(58)41(54,3)4)31-18-32(42(43,44)45)34(19-46)47-20-31)8-10-35(25)59-13-12-51-21-30-7-6-29(51)22-52(30)23-37(56)49-27-15-24(2)14-26(17-27)48-33-9-11-36(55)50-38(33)57/h8,10,14-18,20,29-30,33,48H,5-7,9,11-13,21-23H2,1-4H3,(H,49,56)(H,50,55,57)/t29-,30-,33?/m0/s1. The highest BCUT2D eigenvalue weighted by Crippen LogP contribution is 2.40. The second-order valence-corrected chi connectivity index (χ2v) is 16.5. The Kier molecular flexibility index (Phi) is 11.9. The average molecular weight is 846 g/mol. The number of pyridine rings is 1. The Hall–Kier alpha value is -5.64. The van der Waals surface area contributed by atoms with Crippen LogP contribution in [0.1, 0.15) is 68.8 Å². The maximum absolute atomic E-state index is 13.8. The number of anilines is 4. The zero-order valence-electron chi connectivity index (χ0n) is 33.7. The number of piperidine rings is 3. The monoisotopic (exact) mass is 845 g/mol. The molecule has 6 heterocycles. The Bertz CT molecular complexity index is 2280. The number of fused-ring (bicyclic) bond motifs is 3. The number of piperazine rings is 1. The molecule has 316 valence electrons. The third-order valence-corrected chi connectivity index (χ3v) is 11.9. The number of aromatic nitrogens is 1. The SMILES string of the molecule is CCc1cc(N2C(=S)N(c3cnc(C#N)c(C(F)(F)F)c3)C(=O)C2(C)C)ccc1OCCN1C[C@@H]2CC[C@H]1CN2CC(=O)Nc1cc(C)cc(NC2CCC(=O)NC2=O)c1. The van der Waals surface area contributed by atoms with E-state index in [0.717, 1.165) is 54.2 Å². The molecule has 8 rings (SSSR count). The van der Waals surface area contributed by atoms with Gasteiger partial charge in [0, 0.05) is 55.2 Å². The zero-order chi connectivity index (χ0) is 43.1. The van der Waals surface area contributed by atoms with Crippen molar-refractivity contribution >= 4 is 63.7 Å². The molecule has 3 atom stereocenters. The normalized spacial score (nSPS) is 21.9. The van der Waals surface area contributed by atoms with Crippen LogP contribution in [-0.4, -0.2) is 100.0 Å². The highest BCUT2D eigenvalue weighted by molar-refractivity contribution is 7.81. The number of imide groups is 1. The Balaban J connectivity index is 0.938. The van der Waals surface area contributed by atoms with Crippen LogP contribution in [0.3, 0.4) is 0 Å². The van der Waals surface area contributed by atoms with Gasteiger partial charge in [-0.25, -0.2) is 4.98 Å². The minimum absolute atomic E-state index is 0.0179. The first kappa shape index (κ1) is 42.5. The van der Waals surface area contributed by atoms with Gasteiger partial charge in [-0.15, -0.1) is 0 Å². The van der Waals surface area contributed by atoms with Crippen molar-refractivity contribution in [3.05, 3.63) is 71.0 Å². The number of halogens is 3. The van der Waals surface area contributed by atoms with Gasteiger partial charge < -0.3 is 20.3 Å². The molecule has 1 unspecified atom stereocenters. The molecular formula is C42H46F3N9O5S. The number of nitrogens with zero attached hydrogens (tertiary/aromatic N) is 6. The lowest BCUT2D eigenvalue weighted by Crippen LogP contribution is -2.63. The van der Waals surface area contributed by atoms with Crippen molar-refractivity contribution in [1.82, 2.24) is 20.1 Å². The van der Waals surface area contributed by atoms with E-state index in [2.05, 4.69) is 30.7 Å². The van der Waals surface area contributed by atoms with Crippen LogP contribution in [0.15, 0.2) is 48.7 Å². The van der Waals surface area contributed by atoms with Gasteiger partial charge in [-0.2, -0.15) is 18.4 Å². The van der Waals surface area contributed by atoms with Crippen LogP contribution >= 0.6 is 12.2 Å². The molecule has 0 radical (unpaired) electrons. The summed E-state index contributed by atoms with van der Waals surface area (Å²) in [5, 5.41) is 17.7. The molecule has 18 heteroatoms. The second-order valence-electron chi connectivity index (χ2n) is 16.1. The first-order chi connectivity index (χ1) is 28.5. The molecule has 1 aromatic heterocycles. The number of nitrogens with one attached hydrogen (secondary N) is 3. The molecule has 5 aliphatic rings. The van der Waals surface area contributed by atoms with Crippen LogP contribution in [-0.2, 0) is 31.8 Å². The summed E-state index contributed by atoms with van der Waals surface area (Å²) in [7, 11) is 0. The van der Waals surface area contributed by atoms with Gasteiger partial charge in [0.05, 0.1) is 24.0 Å². The van der Waals surface area contributed by atoms with Gasteiger partial charge in [0.2, 0.25) is 17.7 Å². The Morgan fingerprint density at radius 2 is 1.75 bits per heavy atom. The van der Waals surface area contributed by atoms with Crippen molar-refractivity contribution in [1.29, 1.82) is 5.26 Å². The fraction of sp³-hybridized carbons (Fsp3) is 0.452. The number of rotatable bonds is 12. The molecule has 2 aromatic carbocycles. The van der Waals surface area contributed by atoms with Crippen LogP contribution in [0, 0.1) is 18.3 Å². The number of carbonyl (C=O) groups is 4. The Morgan fingerprint density at radius 1 is 1.03 bits per heavy atom. The van der Waals surface area contributed by atoms with Crippen LogP contribution < -0.4 is 30.5 Å². The van der Waals surface area contributed by atoms with E-state index < -0.39 is 34.9 Å². The van der Waals surface area contributed by atoms with Gasteiger partial charge in [-0.05, 0) is 112 Å². The van der Waals surface area contributed by atoms with Gasteiger partial charge in [0.15, 0.2) is 10.8 Å².